The number of nitrogens with one attached hydrogen (secondary N) is 1. The quantitative estimate of drug-likeness (QED) is 0.356. The van der Waals surface area contributed by atoms with Crippen molar-refractivity contribution in [1.29, 1.82) is 0 Å². The van der Waals surface area contributed by atoms with Crippen LogP contribution in [0.3, 0.4) is 0 Å². The topological polar surface area (TPSA) is 92.3 Å². The molecule has 0 radical (unpaired) electrons. The lowest BCUT2D eigenvalue weighted by Gasteiger charge is -2.51. The van der Waals surface area contributed by atoms with Gasteiger partial charge in [-0.1, -0.05) is 26.8 Å². The lowest BCUT2D eigenvalue weighted by atomic mass is 9.89. The highest BCUT2D eigenvalue weighted by Gasteiger charge is 2.58. The summed E-state index contributed by atoms with van der Waals surface area (Å²) in [4.78, 5) is 24.8. The van der Waals surface area contributed by atoms with E-state index in [0.717, 1.165) is 6.08 Å². The standard InChI is InChI=1S/C21H35F2NO7Si/c1-13(25)24-16-15(31-32(7,8)19(2,3)4)11-21(28-6,18(26)27-5)30-17(16)14-9-10-20(22,23)12-29-14/h9-10,14-17H,11-12H2,1-8H3,(H,24,25)/t14-,15+,16-,17+,21+/m1/s1. The Kier molecular flexibility index (Phi) is 7.93. The van der Waals surface area contributed by atoms with Crippen molar-refractivity contribution in [3.63, 3.8) is 0 Å². The fraction of sp³-hybridized carbons (Fsp3) is 0.810. The van der Waals surface area contributed by atoms with Crippen molar-refractivity contribution >= 4 is 20.2 Å². The average Bonchev–Trinajstić information content (AvgIpc) is 2.67. The molecule has 0 aliphatic carbocycles. The fourth-order valence-electron chi connectivity index (χ4n) is 3.55. The average molecular weight is 480 g/mol. The summed E-state index contributed by atoms with van der Waals surface area (Å²) in [7, 11) is 0.0897. The predicted octanol–water partition coefficient (Wildman–Crippen LogP) is 2.78. The number of amides is 1. The van der Waals surface area contributed by atoms with Crippen LogP contribution >= 0.6 is 0 Å². The number of carbonyl (C=O) groups is 2. The fourth-order valence-corrected chi connectivity index (χ4v) is 4.89. The predicted molar refractivity (Wildman–Crippen MR) is 115 cm³/mol. The molecule has 0 aromatic carbocycles. The minimum Gasteiger partial charge on any atom is -0.465 e. The summed E-state index contributed by atoms with van der Waals surface area (Å²) in [6.07, 6.45) is -0.894. The highest BCUT2D eigenvalue weighted by molar-refractivity contribution is 6.74. The maximum atomic E-state index is 13.6. The zero-order valence-electron chi connectivity index (χ0n) is 20.0. The zero-order chi connectivity index (χ0) is 24.5. The molecular formula is C21H35F2NO7Si. The Bertz CT molecular complexity index is 740. The molecule has 0 spiro atoms. The van der Waals surface area contributed by atoms with Crippen molar-refractivity contribution in [2.45, 2.75) is 88.3 Å². The van der Waals surface area contributed by atoms with Gasteiger partial charge in [0.25, 0.3) is 11.7 Å². The summed E-state index contributed by atoms with van der Waals surface area (Å²) < 4.78 is 55.7. The number of hydrogen-bond donors (Lipinski definition) is 1. The van der Waals surface area contributed by atoms with Crippen LogP contribution in [-0.4, -0.2) is 77.1 Å². The van der Waals surface area contributed by atoms with Crippen LogP contribution in [0.25, 0.3) is 0 Å². The van der Waals surface area contributed by atoms with Crippen molar-refractivity contribution in [2.75, 3.05) is 20.8 Å². The van der Waals surface area contributed by atoms with Gasteiger partial charge in [-0.15, -0.1) is 0 Å². The van der Waals surface area contributed by atoms with Gasteiger partial charge in [0.15, 0.2) is 8.32 Å². The molecule has 8 nitrogen and oxygen atoms in total. The van der Waals surface area contributed by atoms with Crippen LogP contribution < -0.4 is 5.32 Å². The summed E-state index contributed by atoms with van der Waals surface area (Å²) in [5.41, 5.74) is 0. The van der Waals surface area contributed by atoms with E-state index in [0.29, 0.717) is 0 Å². The maximum Gasteiger partial charge on any atom is 0.366 e. The summed E-state index contributed by atoms with van der Waals surface area (Å²) in [5, 5.41) is 2.64. The number of hydrogen-bond acceptors (Lipinski definition) is 7. The molecule has 2 rings (SSSR count). The van der Waals surface area contributed by atoms with E-state index >= 15 is 0 Å². The van der Waals surface area contributed by atoms with Crippen LogP contribution in [0.15, 0.2) is 12.2 Å². The molecule has 1 fully saturated rings. The molecule has 0 aromatic heterocycles. The molecule has 11 heteroatoms. The lowest BCUT2D eigenvalue weighted by molar-refractivity contribution is -0.300. The Morgan fingerprint density at radius 1 is 1.22 bits per heavy atom. The summed E-state index contributed by atoms with van der Waals surface area (Å²) in [6.45, 7) is 10.7. The van der Waals surface area contributed by atoms with E-state index in [4.69, 9.17) is 23.4 Å². The molecule has 5 atom stereocenters. The molecule has 0 unspecified atom stereocenters. The minimum atomic E-state index is -3.12. The third kappa shape index (κ3) is 5.74. The van der Waals surface area contributed by atoms with Crippen molar-refractivity contribution < 1.29 is 41.7 Å². The number of rotatable bonds is 6. The second-order valence-corrected chi connectivity index (χ2v) is 14.5. The van der Waals surface area contributed by atoms with Gasteiger partial charge in [-0.25, -0.2) is 4.79 Å². The van der Waals surface area contributed by atoms with Crippen LogP contribution in [0.1, 0.15) is 34.1 Å². The molecule has 32 heavy (non-hydrogen) atoms. The van der Waals surface area contributed by atoms with Crippen LogP contribution in [0, 0.1) is 0 Å². The molecule has 184 valence electrons. The van der Waals surface area contributed by atoms with Crippen molar-refractivity contribution in [2.24, 2.45) is 0 Å². The third-order valence-corrected chi connectivity index (χ3v) is 10.8. The first-order chi connectivity index (χ1) is 14.6. The van der Waals surface area contributed by atoms with Crippen LogP contribution in [0.4, 0.5) is 8.78 Å². The van der Waals surface area contributed by atoms with E-state index in [1.807, 2.05) is 13.1 Å². The number of ether oxygens (including phenoxy) is 4. The number of halogens is 2. The first kappa shape index (κ1) is 26.8. The zero-order valence-corrected chi connectivity index (χ0v) is 21.0. The molecule has 0 bridgehead atoms. The Hall–Kier alpha value is -1.40. The van der Waals surface area contributed by atoms with Crippen molar-refractivity contribution in [3.05, 3.63) is 12.2 Å². The summed E-state index contributed by atoms with van der Waals surface area (Å²) in [5.74, 6) is -6.12. The van der Waals surface area contributed by atoms with Gasteiger partial charge in [0, 0.05) is 20.5 Å². The largest absolute Gasteiger partial charge is 0.465 e. The van der Waals surface area contributed by atoms with Crippen LogP contribution in [0.5, 0.6) is 0 Å². The minimum absolute atomic E-state index is 0.0588. The van der Waals surface area contributed by atoms with Gasteiger partial charge >= 0.3 is 5.97 Å². The maximum absolute atomic E-state index is 13.6. The number of carbonyl (C=O) groups excluding carboxylic acids is 2. The molecule has 2 heterocycles. The molecule has 1 saturated heterocycles. The highest BCUT2D eigenvalue weighted by atomic mass is 28.4. The molecule has 0 aromatic rings. The SMILES string of the molecule is COC(=O)[C@]1(OC)C[C@H](O[Si](C)(C)C(C)(C)C)[C@@H](NC(C)=O)[C@H]([C@H]2C=CC(F)(F)CO2)O1. The van der Waals surface area contributed by atoms with E-state index in [1.165, 1.54) is 27.2 Å². The van der Waals surface area contributed by atoms with Gasteiger partial charge in [0.1, 0.15) is 18.8 Å². The van der Waals surface area contributed by atoms with E-state index < -0.39 is 57.0 Å². The van der Waals surface area contributed by atoms with Crippen molar-refractivity contribution in [3.8, 4) is 0 Å². The summed E-state index contributed by atoms with van der Waals surface area (Å²) >= 11 is 0. The highest BCUT2D eigenvalue weighted by Crippen LogP contribution is 2.42. The van der Waals surface area contributed by atoms with Gasteiger partial charge < -0.3 is 28.7 Å². The molecule has 1 amide bonds. The van der Waals surface area contributed by atoms with E-state index in [1.54, 1.807) is 0 Å². The van der Waals surface area contributed by atoms with Crippen LogP contribution in [0.2, 0.25) is 18.1 Å². The van der Waals surface area contributed by atoms with E-state index in [-0.39, 0.29) is 17.4 Å². The number of esters is 1. The molecule has 1 N–H and O–H groups in total. The second-order valence-electron chi connectivity index (χ2n) is 9.77. The summed E-state index contributed by atoms with van der Waals surface area (Å²) in [6, 6.07) is -0.782. The van der Waals surface area contributed by atoms with E-state index in [2.05, 4.69) is 26.1 Å². The van der Waals surface area contributed by atoms with Gasteiger partial charge in [-0.05, 0) is 24.2 Å². The monoisotopic (exact) mass is 479 g/mol. The van der Waals surface area contributed by atoms with Crippen molar-refractivity contribution in [1.82, 2.24) is 5.32 Å². The van der Waals surface area contributed by atoms with E-state index in [9.17, 15) is 18.4 Å². The Morgan fingerprint density at radius 3 is 2.28 bits per heavy atom. The lowest BCUT2D eigenvalue weighted by Crippen LogP contribution is -2.68. The molecule has 0 saturated carbocycles. The third-order valence-electron chi connectivity index (χ3n) is 6.32. The van der Waals surface area contributed by atoms with Crippen LogP contribution in [-0.2, 0) is 33.0 Å². The Labute approximate surface area is 189 Å². The Balaban J connectivity index is 2.54. The number of alkyl halides is 2. The normalized spacial score (nSPS) is 32.9. The van der Waals surface area contributed by atoms with Gasteiger partial charge in [-0.2, -0.15) is 8.78 Å². The second kappa shape index (κ2) is 9.45. The smallest absolute Gasteiger partial charge is 0.366 e. The van der Waals surface area contributed by atoms with Gasteiger partial charge in [-0.3, -0.25) is 4.79 Å². The first-order valence-electron chi connectivity index (χ1n) is 10.5. The Morgan fingerprint density at radius 2 is 1.84 bits per heavy atom. The van der Waals surface area contributed by atoms with Gasteiger partial charge in [0.05, 0.1) is 19.3 Å². The number of methoxy groups -OCH3 is 2. The molecule has 2 aliphatic rings. The first-order valence-corrected chi connectivity index (χ1v) is 13.4. The van der Waals surface area contributed by atoms with Gasteiger partial charge in [0.2, 0.25) is 5.91 Å². The molecule has 2 aliphatic heterocycles. The molecular weight excluding hydrogens is 444 g/mol.